The number of carbonyl (C=O) groups excluding carboxylic acids is 3. The normalized spacial score (nSPS) is 18.0. The van der Waals surface area contributed by atoms with Crippen LogP contribution in [0.3, 0.4) is 0 Å². The molecule has 4 heterocycles. The van der Waals surface area contributed by atoms with Gasteiger partial charge in [-0.05, 0) is 69.7 Å². The number of nitrogens with zero attached hydrogens (tertiary/aromatic N) is 8. The molecule has 3 amide bonds. The van der Waals surface area contributed by atoms with E-state index in [4.69, 9.17) is 5.10 Å². The molecule has 3 aliphatic heterocycles. The number of aromatic nitrogens is 2. The average Bonchev–Trinajstić information content (AvgIpc) is 3.61. The maximum Gasteiger partial charge on any atom is 0.254 e. The van der Waals surface area contributed by atoms with Gasteiger partial charge >= 0.3 is 0 Å². The molecule has 0 saturated carbocycles. The molecule has 0 aliphatic carbocycles. The van der Waals surface area contributed by atoms with Crippen molar-refractivity contribution >= 4 is 17.7 Å². The van der Waals surface area contributed by atoms with Gasteiger partial charge in [0.15, 0.2) is 0 Å². The molecule has 0 N–H and O–H groups in total. The minimum atomic E-state index is 0.00349. The summed E-state index contributed by atoms with van der Waals surface area (Å²) in [5.41, 5.74) is 5.74. The lowest BCUT2D eigenvalue weighted by atomic mass is 10.0. The van der Waals surface area contributed by atoms with Crippen LogP contribution in [0.5, 0.6) is 0 Å². The van der Waals surface area contributed by atoms with Crippen molar-refractivity contribution in [1.29, 1.82) is 0 Å². The first-order chi connectivity index (χ1) is 24.2. The molecule has 0 spiro atoms. The van der Waals surface area contributed by atoms with Crippen molar-refractivity contribution in [3.8, 4) is 28.2 Å². The van der Waals surface area contributed by atoms with Gasteiger partial charge in [0.2, 0.25) is 0 Å². The van der Waals surface area contributed by atoms with Crippen LogP contribution in [0.2, 0.25) is 0 Å². The van der Waals surface area contributed by atoms with Crippen LogP contribution in [0.4, 0.5) is 0 Å². The maximum absolute atomic E-state index is 13.6. The van der Waals surface area contributed by atoms with Crippen molar-refractivity contribution in [2.24, 2.45) is 0 Å². The Labute approximate surface area is 294 Å². The number of likely N-dealkylation sites (N-methyl/N-ethyl adjacent to an activating group) is 3. The van der Waals surface area contributed by atoms with Crippen molar-refractivity contribution in [3.63, 3.8) is 0 Å². The van der Waals surface area contributed by atoms with Crippen LogP contribution in [-0.2, 0) is 0 Å². The summed E-state index contributed by atoms with van der Waals surface area (Å²) in [5, 5.41) is 5.10. The first kappa shape index (κ1) is 33.6. The van der Waals surface area contributed by atoms with Crippen LogP contribution < -0.4 is 0 Å². The van der Waals surface area contributed by atoms with Crippen molar-refractivity contribution in [3.05, 3.63) is 95.6 Å². The molecule has 1 aromatic heterocycles. The number of carbonyl (C=O) groups is 3. The summed E-state index contributed by atoms with van der Waals surface area (Å²) in [5.74, 6) is 0.0368. The SMILES string of the molecule is CN1CCN(C(=O)c2cccc(-c3cc(-c4cccc(C(=O)N5CCN(C)CC5)c4)n(-c4cccc(C(=O)N5CCN(C)CC5)c4)n3)c2)CC1. The summed E-state index contributed by atoms with van der Waals surface area (Å²) in [6.07, 6.45) is 0. The van der Waals surface area contributed by atoms with Gasteiger partial charge in [-0.25, -0.2) is 4.68 Å². The largest absolute Gasteiger partial charge is 0.336 e. The van der Waals surface area contributed by atoms with Crippen LogP contribution in [0.15, 0.2) is 78.9 Å². The smallest absolute Gasteiger partial charge is 0.254 e. The number of rotatable bonds is 6. The van der Waals surface area contributed by atoms with Crippen molar-refractivity contribution in [2.45, 2.75) is 0 Å². The molecular weight excluding hydrogens is 628 g/mol. The van der Waals surface area contributed by atoms with E-state index in [1.165, 1.54) is 0 Å². The Morgan fingerprint density at radius 1 is 0.480 bits per heavy atom. The van der Waals surface area contributed by atoms with E-state index in [2.05, 4.69) is 35.8 Å². The molecule has 0 bridgehead atoms. The van der Waals surface area contributed by atoms with Crippen molar-refractivity contribution < 1.29 is 14.4 Å². The highest BCUT2D eigenvalue weighted by Crippen LogP contribution is 2.31. The van der Waals surface area contributed by atoms with E-state index in [1.807, 2.05) is 98.2 Å². The number of hydrogen-bond acceptors (Lipinski definition) is 7. The molecule has 3 aliphatic rings. The second-order valence-electron chi connectivity index (χ2n) is 13.8. The van der Waals surface area contributed by atoms with Crippen molar-refractivity contribution in [1.82, 2.24) is 39.2 Å². The van der Waals surface area contributed by atoms with Gasteiger partial charge in [-0.3, -0.25) is 14.4 Å². The van der Waals surface area contributed by atoms with Gasteiger partial charge in [-0.15, -0.1) is 0 Å². The fourth-order valence-electron chi connectivity index (χ4n) is 6.89. The molecule has 260 valence electrons. The molecule has 0 atom stereocenters. The summed E-state index contributed by atoms with van der Waals surface area (Å²) >= 11 is 0. The number of benzene rings is 3. The molecule has 11 heteroatoms. The van der Waals surface area contributed by atoms with Gasteiger partial charge in [0, 0.05) is 106 Å². The first-order valence-corrected chi connectivity index (χ1v) is 17.6. The predicted octanol–water partition coefficient (Wildman–Crippen LogP) is 3.37. The Balaban J connectivity index is 1.25. The highest BCUT2D eigenvalue weighted by atomic mass is 16.2. The lowest BCUT2D eigenvalue weighted by Gasteiger charge is -2.32. The zero-order valence-electron chi connectivity index (χ0n) is 29.3. The topological polar surface area (TPSA) is 88.5 Å². The van der Waals surface area contributed by atoms with E-state index in [-0.39, 0.29) is 17.7 Å². The Hall–Kier alpha value is -4.84. The minimum absolute atomic E-state index is 0.00349. The maximum atomic E-state index is 13.6. The van der Waals surface area contributed by atoms with E-state index in [1.54, 1.807) is 0 Å². The molecule has 7 rings (SSSR count). The van der Waals surface area contributed by atoms with Gasteiger partial charge in [-0.2, -0.15) is 5.10 Å². The molecule has 3 aromatic carbocycles. The predicted molar refractivity (Wildman–Crippen MR) is 195 cm³/mol. The van der Waals surface area contributed by atoms with Gasteiger partial charge in [0.1, 0.15) is 0 Å². The lowest BCUT2D eigenvalue weighted by molar-refractivity contribution is 0.0657. The fourth-order valence-corrected chi connectivity index (χ4v) is 6.89. The quantitative estimate of drug-likeness (QED) is 0.310. The number of piperazine rings is 3. The zero-order valence-corrected chi connectivity index (χ0v) is 29.3. The summed E-state index contributed by atoms with van der Waals surface area (Å²) in [6.45, 7) is 9.25. The molecule has 11 nitrogen and oxygen atoms in total. The summed E-state index contributed by atoms with van der Waals surface area (Å²) in [6, 6.07) is 25.0. The minimum Gasteiger partial charge on any atom is -0.336 e. The molecule has 3 saturated heterocycles. The van der Waals surface area contributed by atoms with Crippen molar-refractivity contribution in [2.75, 3.05) is 99.7 Å². The van der Waals surface area contributed by atoms with Gasteiger partial charge in [0.25, 0.3) is 17.7 Å². The van der Waals surface area contributed by atoms with E-state index < -0.39 is 0 Å². The van der Waals surface area contributed by atoms with Gasteiger partial charge in [-0.1, -0.05) is 30.3 Å². The Kier molecular flexibility index (Phi) is 9.80. The monoisotopic (exact) mass is 674 g/mol. The van der Waals surface area contributed by atoms with E-state index in [0.717, 1.165) is 61.8 Å². The van der Waals surface area contributed by atoms with Gasteiger partial charge < -0.3 is 29.4 Å². The Morgan fingerprint density at radius 2 is 0.880 bits per heavy atom. The van der Waals surface area contributed by atoms with Gasteiger partial charge in [0.05, 0.1) is 17.1 Å². The standard InChI is InChI=1S/C39H46N8O3/c1-41-13-19-44(20-14-41)37(48)31-9-4-7-29(25-31)35-28-36(30-8-5-10-32(26-30)38(49)45-21-15-42(2)16-22-45)47(40-35)34-12-6-11-33(27-34)39(50)46-23-17-43(3)18-24-46/h4-12,25-28H,13-24H2,1-3H3. The Bertz CT molecular complexity index is 1770. The number of amides is 3. The van der Waals surface area contributed by atoms with Crippen LogP contribution >= 0.6 is 0 Å². The van der Waals surface area contributed by atoms with Crippen LogP contribution in [-0.4, -0.2) is 157 Å². The zero-order chi connectivity index (χ0) is 34.8. The van der Waals surface area contributed by atoms with Crippen LogP contribution in [0, 0.1) is 0 Å². The number of hydrogen-bond donors (Lipinski definition) is 0. The Morgan fingerprint density at radius 3 is 1.36 bits per heavy atom. The van der Waals surface area contributed by atoms with E-state index in [9.17, 15) is 14.4 Å². The highest BCUT2D eigenvalue weighted by Gasteiger charge is 2.25. The summed E-state index contributed by atoms with van der Waals surface area (Å²) in [7, 11) is 6.23. The van der Waals surface area contributed by atoms with Crippen LogP contribution in [0.25, 0.3) is 28.2 Å². The lowest BCUT2D eigenvalue weighted by Crippen LogP contribution is -2.47. The van der Waals surface area contributed by atoms with E-state index in [0.29, 0.717) is 61.7 Å². The van der Waals surface area contributed by atoms with E-state index >= 15 is 0 Å². The summed E-state index contributed by atoms with van der Waals surface area (Å²) in [4.78, 5) is 53.2. The third kappa shape index (κ3) is 7.21. The average molecular weight is 675 g/mol. The first-order valence-electron chi connectivity index (χ1n) is 17.6. The molecule has 0 unspecified atom stereocenters. The molecule has 0 radical (unpaired) electrons. The third-order valence-electron chi connectivity index (χ3n) is 10.2. The molecule has 4 aromatic rings. The second kappa shape index (κ2) is 14.6. The highest BCUT2D eigenvalue weighted by molar-refractivity contribution is 5.97. The molecule has 50 heavy (non-hydrogen) atoms. The molecular formula is C39H46N8O3. The van der Waals surface area contributed by atoms with Crippen LogP contribution in [0.1, 0.15) is 31.1 Å². The molecule has 3 fully saturated rings. The summed E-state index contributed by atoms with van der Waals surface area (Å²) < 4.78 is 1.85. The third-order valence-corrected chi connectivity index (χ3v) is 10.2. The fraction of sp³-hybridized carbons (Fsp3) is 0.385. The second-order valence-corrected chi connectivity index (χ2v) is 13.8.